The molecule has 3 saturated heterocycles. The number of fused-ring (bicyclic) bond motifs is 3. The normalized spacial score (nSPS) is 30.3. The zero-order valence-electron chi connectivity index (χ0n) is 13.3. The van der Waals surface area contributed by atoms with Crippen LogP contribution < -0.4 is 5.32 Å². The van der Waals surface area contributed by atoms with Crippen LogP contribution in [0.5, 0.6) is 0 Å². The van der Waals surface area contributed by atoms with Crippen LogP contribution in [0.2, 0.25) is 5.02 Å². The van der Waals surface area contributed by atoms with Gasteiger partial charge in [-0.15, -0.1) is 0 Å². The zero-order chi connectivity index (χ0) is 16.4. The lowest BCUT2D eigenvalue weighted by Crippen LogP contribution is -2.63. The fourth-order valence-corrected chi connectivity index (χ4v) is 3.51. The molecule has 0 radical (unpaired) electrons. The summed E-state index contributed by atoms with van der Waals surface area (Å²) in [5, 5.41) is 3.04. The molecule has 3 aliphatic heterocycles. The largest absolute Gasteiger partial charge is 0.455 e. The van der Waals surface area contributed by atoms with Gasteiger partial charge in [0.05, 0.1) is 12.1 Å². The standard InChI is InChI=1S/C15H21ClFN4O2/c1-18-15(20-14-12(17)7-11(16)8-19-14)23-13-9-21(22-2)5-3-10(13)4-6-21/h7-8,10,13H,3-6,9H2,1-2H3,(H,18,19,20)/q+1. The van der Waals surface area contributed by atoms with Gasteiger partial charge in [0.2, 0.25) is 0 Å². The number of hydrogen-bond acceptors (Lipinski definition) is 4. The molecule has 1 unspecified atom stereocenters. The van der Waals surface area contributed by atoms with E-state index >= 15 is 0 Å². The summed E-state index contributed by atoms with van der Waals surface area (Å²) >= 11 is 5.71. The topological polar surface area (TPSA) is 55.7 Å². The summed E-state index contributed by atoms with van der Waals surface area (Å²) in [6.07, 6.45) is 3.49. The quantitative estimate of drug-likeness (QED) is 0.520. The van der Waals surface area contributed by atoms with Crippen molar-refractivity contribution < 1.29 is 18.6 Å². The summed E-state index contributed by atoms with van der Waals surface area (Å²) in [4.78, 5) is 13.7. The van der Waals surface area contributed by atoms with Crippen LogP contribution in [0.15, 0.2) is 17.3 Å². The highest BCUT2D eigenvalue weighted by atomic mass is 35.5. The Hall–Kier alpha value is -1.44. The highest BCUT2D eigenvalue weighted by Gasteiger charge is 2.48. The number of hydrogen-bond donors (Lipinski definition) is 1. The molecule has 4 heterocycles. The maximum Gasteiger partial charge on any atom is 0.290 e. The van der Waals surface area contributed by atoms with Gasteiger partial charge in [0.15, 0.2) is 17.7 Å². The van der Waals surface area contributed by atoms with E-state index in [1.165, 1.54) is 12.3 Å². The highest BCUT2D eigenvalue weighted by molar-refractivity contribution is 6.30. The first-order valence-corrected chi connectivity index (χ1v) is 8.06. The molecular formula is C15H21ClFN4O2+. The van der Waals surface area contributed by atoms with Crippen LogP contribution in [0, 0.1) is 11.7 Å². The lowest BCUT2D eigenvalue weighted by atomic mass is 9.85. The molecule has 3 fully saturated rings. The maximum absolute atomic E-state index is 13.8. The third-order valence-electron chi connectivity index (χ3n) is 4.74. The number of aliphatic imine (C=N–C) groups is 1. The number of ether oxygens (including phenoxy) is 1. The fourth-order valence-electron chi connectivity index (χ4n) is 3.37. The number of halogens is 2. The number of piperidine rings is 3. The smallest absolute Gasteiger partial charge is 0.290 e. The molecule has 1 atom stereocenters. The van der Waals surface area contributed by atoms with Gasteiger partial charge in [-0.2, -0.15) is 4.65 Å². The Morgan fingerprint density at radius 3 is 2.83 bits per heavy atom. The number of nitrogens with zero attached hydrogens (tertiary/aromatic N) is 3. The van der Waals surface area contributed by atoms with Gasteiger partial charge in [0, 0.05) is 32.0 Å². The van der Waals surface area contributed by atoms with Gasteiger partial charge in [-0.05, 0) is 6.07 Å². The first-order valence-electron chi connectivity index (χ1n) is 7.68. The van der Waals surface area contributed by atoms with Crippen LogP contribution in [0.1, 0.15) is 12.8 Å². The Labute approximate surface area is 139 Å². The number of aromatic nitrogens is 1. The van der Waals surface area contributed by atoms with Crippen molar-refractivity contribution >= 4 is 23.4 Å². The predicted molar refractivity (Wildman–Crippen MR) is 85.7 cm³/mol. The van der Waals surface area contributed by atoms with E-state index in [0.717, 1.165) is 32.5 Å². The second kappa shape index (κ2) is 6.59. The number of amidine groups is 1. The summed E-state index contributed by atoms with van der Waals surface area (Å²) in [5.74, 6) is -0.0183. The van der Waals surface area contributed by atoms with Crippen molar-refractivity contribution in [2.45, 2.75) is 18.9 Å². The van der Waals surface area contributed by atoms with Crippen LogP contribution in [-0.4, -0.2) is 55.5 Å². The summed E-state index contributed by atoms with van der Waals surface area (Å²) in [6.45, 7) is 2.80. The number of hydroxylamine groups is 3. The Kier molecular flexibility index (Phi) is 4.70. The van der Waals surface area contributed by atoms with E-state index in [9.17, 15) is 4.39 Å². The fraction of sp³-hybridized carbons (Fsp3) is 0.600. The molecule has 0 amide bonds. The first-order chi connectivity index (χ1) is 11.0. The van der Waals surface area contributed by atoms with E-state index in [0.29, 0.717) is 10.6 Å². The van der Waals surface area contributed by atoms with Crippen molar-refractivity contribution in [1.29, 1.82) is 0 Å². The molecule has 0 aromatic carbocycles. The van der Waals surface area contributed by atoms with Gasteiger partial charge >= 0.3 is 0 Å². The molecule has 0 saturated carbocycles. The molecule has 2 bridgehead atoms. The van der Waals surface area contributed by atoms with Crippen LogP contribution in [0.3, 0.4) is 0 Å². The van der Waals surface area contributed by atoms with E-state index in [1.807, 2.05) is 0 Å². The van der Waals surface area contributed by atoms with Crippen molar-refractivity contribution in [1.82, 2.24) is 4.98 Å². The number of rotatable bonds is 3. The Morgan fingerprint density at radius 2 is 2.22 bits per heavy atom. The molecule has 1 N–H and O–H groups in total. The molecule has 3 aliphatic rings. The van der Waals surface area contributed by atoms with E-state index in [1.54, 1.807) is 14.2 Å². The number of anilines is 1. The lowest BCUT2D eigenvalue weighted by Gasteiger charge is -2.48. The second-order valence-corrected chi connectivity index (χ2v) is 6.44. The molecule has 0 spiro atoms. The average Bonchev–Trinajstić information content (AvgIpc) is 2.57. The van der Waals surface area contributed by atoms with Crippen molar-refractivity contribution in [2.75, 3.05) is 39.1 Å². The molecule has 126 valence electrons. The van der Waals surface area contributed by atoms with E-state index in [-0.39, 0.29) is 23.0 Å². The predicted octanol–water partition coefficient (Wildman–Crippen LogP) is 2.46. The van der Waals surface area contributed by atoms with Crippen molar-refractivity contribution in [2.24, 2.45) is 10.9 Å². The second-order valence-electron chi connectivity index (χ2n) is 6.00. The van der Waals surface area contributed by atoms with Crippen LogP contribution in [0.4, 0.5) is 10.2 Å². The van der Waals surface area contributed by atoms with E-state index in [4.69, 9.17) is 21.2 Å². The third-order valence-corrected chi connectivity index (χ3v) is 4.95. The Balaban J connectivity index is 1.68. The number of nitrogens with one attached hydrogen (secondary N) is 1. The van der Waals surface area contributed by atoms with Gasteiger partial charge < -0.3 is 4.74 Å². The third kappa shape index (κ3) is 3.41. The average molecular weight is 344 g/mol. The summed E-state index contributed by atoms with van der Waals surface area (Å²) in [7, 11) is 3.33. The van der Waals surface area contributed by atoms with Crippen molar-refractivity contribution in [3.63, 3.8) is 0 Å². The molecule has 1 aromatic heterocycles. The summed E-state index contributed by atoms with van der Waals surface area (Å²) in [5.41, 5.74) is 0. The van der Waals surface area contributed by atoms with E-state index in [2.05, 4.69) is 15.3 Å². The molecule has 23 heavy (non-hydrogen) atoms. The molecule has 4 rings (SSSR count). The SMILES string of the molecule is CN=C(Nc1ncc(Cl)cc1F)OC1C[N+]2(OC)CCC1CC2. The van der Waals surface area contributed by atoms with Gasteiger partial charge in [0.25, 0.3) is 6.02 Å². The van der Waals surface area contributed by atoms with Crippen LogP contribution in [-0.2, 0) is 9.57 Å². The zero-order valence-corrected chi connectivity index (χ0v) is 14.0. The first kappa shape index (κ1) is 16.4. The highest BCUT2D eigenvalue weighted by Crippen LogP contribution is 2.35. The lowest BCUT2D eigenvalue weighted by molar-refractivity contribution is -1.11. The molecule has 1 aromatic rings. The van der Waals surface area contributed by atoms with E-state index < -0.39 is 5.82 Å². The van der Waals surface area contributed by atoms with Crippen LogP contribution in [0.25, 0.3) is 0 Å². The van der Waals surface area contributed by atoms with Crippen molar-refractivity contribution in [3.05, 3.63) is 23.1 Å². The minimum atomic E-state index is -0.545. The minimum absolute atomic E-state index is 0.000915. The van der Waals surface area contributed by atoms with Crippen molar-refractivity contribution in [3.8, 4) is 0 Å². The van der Waals surface area contributed by atoms with Gasteiger partial charge in [-0.25, -0.2) is 19.2 Å². The summed E-state index contributed by atoms with van der Waals surface area (Å²) < 4.78 is 20.5. The van der Waals surface area contributed by atoms with Crippen LogP contribution >= 0.6 is 11.6 Å². The molecule has 8 heteroatoms. The minimum Gasteiger partial charge on any atom is -0.455 e. The Bertz CT molecular complexity index is 605. The summed E-state index contributed by atoms with van der Waals surface area (Å²) in [6, 6.07) is 1.45. The Morgan fingerprint density at radius 1 is 1.48 bits per heavy atom. The van der Waals surface area contributed by atoms with Gasteiger partial charge in [-0.3, -0.25) is 5.32 Å². The molecule has 6 nitrogen and oxygen atoms in total. The van der Waals surface area contributed by atoms with Gasteiger partial charge in [-0.1, -0.05) is 11.6 Å². The number of pyridine rings is 1. The maximum atomic E-state index is 13.8. The molecule has 0 aliphatic carbocycles. The monoisotopic (exact) mass is 343 g/mol. The number of quaternary nitrogens is 1. The van der Waals surface area contributed by atoms with Gasteiger partial charge in [0.1, 0.15) is 19.6 Å². The molecular weight excluding hydrogens is 323 g/mol.